The smallest absolute Gasteiger partial charge is 0.475 e. The van der Waals surface area contributed by atoms with Crippen LogP contribution in [0.25, 0.3) is 10.4 Å². The molecule has 3 fully saturated rings. The number of carboxylic acid groups (broad SMARTS) is 1. The summed E-state index contributed by atoms with van der Waals surface area (Å²) in [5.41, 5.74) is 9.74. The summed E-state index contributed by atoms with van der Waals surface area (Å²) in [6.07, 6.45) is -1.55. The van der Waals surface area contributed by atoms with Gasteiger partial charge in [0.15, 0.2) is 0 Å². The second-order valence-electron chi connectivity index (χ2n) is 14.3. The number of β-amino-alcohol motifs (C(OH)–C–C–N with tert-alkyl or cyclic N) is 1. The summed E-state index contributed by atoms with van der Waals surface area (Å²) in [7, 11) is 0. The monoisotopic (exact) mass is 725 g/mol. The van der Waals surface area contributed by atoms with E-state index in [2.05, 4.69) is 15.6 Å². The first kappa shape index (κ1) is 39.2. The van der Waals surface area contributed by atoms with Gasteiger partial charge in [0.1, 0.15) is 12.1 Å². The van der Waals surface area contributed by atoms with Crippen LogP contribution in [-0.2, 0) is 30.5 Å². The predicted molar refractivity (Wildman–Crippen MR) is 179 cm³/mol. The van der Waals surface area contributed by atoms with Gasteiger partial charge in [-0.05, 0) is 55.6 Å². The van der Waals surface area contributed by atoms with E-state index in [0.717, 1.165) is 41.0 Å². The van der Waals surface area contributed by atoms with E-state index in [9.17, 15) is 32.7 Å². The molecule has 276 valence electrons. The van der Waals surface area contributed by atoms with Crippen molar-refractivity contribution in [1.29, 1.82) is 0 Å². The Balaban J connectivity index is 0.000000727. The van der Waals surface area contributed by atoms with Gasteiger partial charge in [-0.15, -0.1) is 11.3 Å². The summed E-state index contributed by atoms with van der Waals surface area (Å²) >= 11 is 1.59. The summed E-state index contributed by atoms with van der Waals surface area (Å²) in [6, 6.07) is 6.28. The van der Waals surface area contributed by atoms with Gasteiger partial charge in [0, 0.05) is 32.0 Å². The van der Waals surface area contributed by atoms with Crippen molar-refractivity contribution in [1.82, 2.24) is 20.5 Å². The Kier molecular flexibility index (Phi) is 12.3. The quantitative estimate of drug-likeness (QED) is 0.272. The highest BCUT2D eigenvalue weighted by Crippen LogP contribution is 2.48. The van der Waals surface area contributed by atoms with Crippen LogP contribution in [0, 0.1) is 18.3 Å². The van der Waals surface area contributed by atoms with Crippen molar-refractivity contribution >= 4 is 35.0 Å². The highest BCUT2D eigenvalue weighted by atomic mass is 32.1. The van der Waals surface area contributed by atoms with E-state index < -0.39 is 35.7 Å². The van der Waals surface area contributed by atoms with Gasteiger partial charge in [0.05, 0.1) is 33.9 Å². The number of nitrogens with one attached hydrogen (secondary N) is 2. The molecule has 1 saturated carbocycles. The summed E-state index contributed by atoms with van der Waals surface area (Å²) in [5.74, 6) is -3.84. The number of carboxylic acids is 1. The maximum atomic E-state index is 13.9. The number of hydrogen-bond acceptors (Lipinski definition) is 9. The molecule has 16 heteroatoms. The average molecular weight is 726 g/mol. The van der Waals surface area contributed by atoms with Gasteiger partial charge in [0.25, 0.3) is 0 Å². The van der Waals surface area contributed by atoms with Crippen LogP contribution in [0.2, 0.25) is 0 Å². The number of ether oxygens (including phenoxy) is 1. The van der Waals surface area contributed by atoms with Crippen molar-refractivity contribution in [2.75, 3.05) is 13.1 Å². The molecule has 4 atom stereocenters. The Morgan fingerprint density at radius 2 is 1.78 bits per heavy atom. The highest BCUT2D eigenvalue weighted by Gasteiger charge is 2.52. The van der Waals surface area contributed by atoms with E-state index >= 15 is 0 Å². The van der Waals surface area contributed by atoms with Gasteiger partial charge < -0.3 is 36.2 Å². The van der Waals surface area contributed by atoms with Gasteiger partial charge in [-0.2, -0.15) is 13.2 Å². The largest absolute Gasteiger partial charge is 0.490 e. The number of halogens is 3. The molecule has 1 aromatic heterocycles. The molecule has 2 aromatic rings. The number of aliphatic hydroxyl groups excluding tert-OH is 1. The third-order valence-electron chi connectivity index (χ3n) is 9.38. The molecule has 6 N–H and O–H groups in total. The zero-order chi connectivity index (χ0) is 37.0. The average Bonchev–Trinajstić information content (AvgIpc) is 3.65. The summed E-state index contributed by atoms with van der Waals surface area (Å²) in [4.78, 5) is 56.3. The Labute approximate surface area is 293 Å². The molecule has 1 aromatic carbocycles. The lowest BCUT2D eigenvalue weighted by molar-refractivity contribution is -0.192. The van der Waals surface area contributed by atoms with Gasteiger partial charge >= 0.3 is 12.1 Å². The van der Waals surface area contributed by atoms with Crippen LogP contribution in [0.15, 0.2) is 29.8 Å². The van der Waals surface area contributed by atoms with Crippen LogP contribution in [0.3, 0.4) is 0 Å². The summed E-state index contributed by atoms with van der Waals surface area (Å²) < 4.78 is 38.0. The fourth-order valence-corrected chi connectivity index (χ4v) is 7.47. The molecule has 50 heavy (non-hydrogen) atoms. The number of carbonyl (C=O) groups is 4. The zero-order valence-corrected chi connectivity index (χ0v) is 29.4. The van der Waals surface area contributed by atoms with Crippen LogP contribution in [-0.4, -0.2) is 92.9 Å². The van der Waals surface area contributed by atoms with E-state index in [1.54, 1.807) is 11.3 Å². The molecule has 0 bridgehead atoms. The number of aliphatic hydroxyl groups is 1. The van der Waals surface area contributed by atoms with E-state index in [1.807, 2.05) is 57.5 Å². The molecule has 5 rings (SSSR count). The van der Waals surface area contributed by atoms with Crippen molar-refractivity contribution < 1.29 is 47.3 Å². The van der Waals surface area contributed by atoms with E-state index in [4.69, 9.17) is 20.4 Å². The number of thiazole rings is 1. The van der Waals surface area contributed by atoms with Gasteiger partial charge in [-0.1, -0.05) is 45.0 Å². The van der Waals surface area contributed by atoms with Crippen LogP contribution >= 0.6 is 11.3 Å². The van der Waals surface area contributed by atoms with Crippen molar-refractivity contribution in [2.45, 2.75) is 109 Å². The van der Waals surface area contributed by atoms with Crippen molar-refractivity contribution in [3.05, 3.63) is 41.0 Å². The van der Waals surface area contributed by atoms with Gasteiger partial charge in [0.2, 0.25) is 17.7 Å². The molecular weight excluding hydrogens is 679 g/mol. The number of benzene rings is 1. The lowest BCUT2D eigenvalue weighted by Crippen LogP contribution is -2.61. The molecule has 1 aliphatic carbocycles. The van der Waals surface area contributed by atoms with E-state index in [0.29, 0.717) is 25.9 Å². The summed E-state index contributed by atoms with van der Waals surface area (Å²) in [6.45, 7) is 8.49. The molecule has 1 spiro atoms. The maximum absolute atomic E-state index is 13.9. The number of rotatable bonds is 8. The number of likely N-dealkylation sites (tertiary alicyclic amines) is 1. The first-order valence-electron chi connectivity index (χ1n) is 16.6. The number of nitrogens with two attached hydrogens (primary N) is 1. The van der Waals surface area contributed by atoms with Crippen molar-refractivity contribution in [2.24, 2.45) is 17.1 Å². The van der Waals surface area contributed by atoms with Crippen LogP contribution in [0.5, 0.6) is 0 Å². The number of aromatic nitrogens is 1. The Morgan fingerprint density at radius 3 is 2.32 bits per heavy atom. The zero-order valence-electron chi connectivity index (χ0n) is 28.6. The minimum atomic E-state index is -5.08. The SMILES string of the molecule is Cc1ncsc1-c1ccc(CNC(=O)[C@@H]2C[C@@H](O)CN2C(=O)[C@H](NC(=O)C2CC3(CCCC(CN)O3)C2)C(C)(C)C)cc1.O=C(O)C(F)(F)F. The second-order valence-corrected chi connectivity index (χ2v) is 15.2. The van der Waals surface area contributed by atoms with Gasteiger partial charge in [-0.25, -0.2) is 9.78 Å². The first-order valence-corrected chi connectivity index (χ1v) is 17.5. The molecule has 3 amide bonds. The Bertz CT molecular complexity index is 1520. The van der Waals surface area contributed by atoms with E-state index in [1.165, 1.54) is 4.90 Å². The maximum Gasteiger partial charge on any atom is 0.490 e. The first-order chi connectivity index (χ1) is 23.3. The molecule has 1 unspecified atom stereocenters. The number of aliphatic carboxylic acids is 1. The third kappa shape index (κ3) is 9.59. The van der Waals surface area contributed by atoms with Crippen LogP contribution in [0.4, 0.5) is 13.2 Å². The third-order valence-corrected chi connectivity index (χ3v) is 10.4. The number of hydrogen-bond donors (Lipinski definition) is 5. The second kappa shape index (κ2) is 15.7. The minimum absolute atomic E-state index is 0.0405. The van der Waals surface area contributed by atoms with Crippen LogP contribution in [0.1, 0.15) is 70.6 Å². The van der Waals surface area contributed by atoms with Gasteiger partial charge in [-0.3, -0.25) is 14.4 Å². The minimum Gasteiger partial charge on any atom is -0.475 e. The number of alkyl halides is 3. The lowest BCUT2D eigenvalue weighted by Gasteiger charge is -2.51. The fourth-order valence-electron chi connectivity index (χ4n) is 6.65. The standard InChI is InChI=1S/C32H45N5O5S.C2HF3O2/c1-19-26(43-18-35-19)21-9-7-20(8-10-21)16-34-29(40)25-12-23(38)17-37(25)30(41)27(31(2,3)4)36-28(39)22-13-32(14-22)11-5-6-24(15-33)42-32;3-2(4,5)1(6)7/h7-10,18,22-25,27,38H,5-6,11-17,33H2,1-4H3,(H,34,40)(H,36,39);(H,6,7)/t22?,23-,24?,25+,27+,32?;/m1./s1. The molecule has 3 heterocycles. The molecule has 3 aliphatic rings. The molecule has 0 radical (unpaired) electrons. The Morgan fingerprint density at radius 1 is 1.14 bits per heavy atom. The molecule has 12 nitrogen and oxygen atoms in total. The number of carbonyl (C=O) groups excluding carboxylic acids is 3. The normalized spacial score (nSPS) is 25.6. The molecule has 2 saturated heterocycles. The Hall–Kier alpha value is -3.60. The van der Waals surface area contributed by atoms with Crippen molar-refractivity contribution in [3.8, 4) is 10.4 Å². The lowest BCUT2D eigenvalue weighted by atomic mass is 9.66. The predicted octanol–water partition coefficient (Wildman–Crippen LogP) is 3.54. The number of amides is 3. The van der Waals surface area contributed by atoms with E-state index in [-0.39, 0.29) is 48.3 Å². The fraction of sp³-hybridized carbons (Fsp3) is 0.618. The molecular formula is C34H46F3N5O7S. The highest BCUT2D eigenvalue weighted by molar-refractivity contribution is 7.13. The summed E-state index contributed by atoms with van der Waals surface area (Å²) in [5, 5.41) is 23.6. The van der Waals surface area contributed by atoms with Crippen molar-refractivity contribution in [3.63, 3.8) is 0 Å². The van der Waals surface area contributed by atoms with Crippen LogP contribution < -0.4 is 16.4 Å². The topological polar surface area (TPSA) is 184 Å². The number of nitrogens with zero attached hydrogens (tertiary/aromatic N) is 2. The number of aryl methyl sites for hydroxylation is 1. The molecule has 2 aliphatic heterocycles.